The van der Waals surface area contributed by atoms with Gasteiger partial charge in [0.2, 0.25) is 0 Å². The topological polar surface area (TPSA) is 70.7 Å². The number of halogens is 1. The van der Waals surface area contributed by atoms with Gasteiger partial charge in [-0.25, -0.2) is 4.98 Å². The second-order valence-corrected chi connectivity index (χ2v) is 8.05. The van der Waals surface area contributed by atoms with Crippen LogP contribution in [0.1, 0.15) is 33.1 Å². The van der Waals surface area contributed by atoms with E-state index in [1.165, 1.54) is 6.33 Å². The molecule has 2 N–H and O–H groups in total. The van der Waals surface area contributed by atoms with Gasteiger partial charge in [-0.15, -0.1) is 0 Å². The van der Waals surface area contributed by atoms with Crippen molar-refractivity contribution >= 4 is 29.3 Å². The van der Waals surface area contributed by atoms with Crippen LogP contribution in [0.25, 0.3) is 0 Å². The Morgan fingerprint density at radius 1 is 0.967 bits per heavy atom. The van der Waals surface area contributed by atoms with Crippen molar-refractivity contribution in [3.8, 4) is 0 Å². The van der Waals surface area contributed by atoms with Crippen molar-refractivity contribution in [1.29, 1.82) is 0 Å². The second-order valence-electron chi connectivity index (χ2n) is 6.64. The predicted octanol–water partition coefficient (Wildman–Crippen LogP) is 5.27. The molecule has 0 fully saturated rings. The number of aromatic amines is 1. The first-order chi connectivity index (χ1) is 14.7. The third-order valence-electron chi connectivity index (χ3n) is 4.60. The number of amides is 1. The average Bonchev–Trinajstić information content (AvgIpc) is 3.31. The first-order valence-corrected chi connectivity index (χ1v) is 10.7. The molecule has 0 aliphatic heterocycles. The number of aromatic nitrogens is 3. The van der Waals surface area contributed by atoms with E-state index in [2.05, 4.69) is 20.5 Å². The van der Waals surface area contributed by atoms with Crippen LogP contribution in [-0.4, -0.2) is 21.1 Å². The molecule has 0 aliphatic rings. The number of nitrogens with one attached hydrogen (secondary N) is 2. The molecule has 1 atom stereocenters. The van der Waals surface area contributed by atoms with Crippen molar-refractivity contribution < 1.29 is 4.79 Å². The highest BCUT2D eigenvalue weighted by molar-refractivity contribution is 7.98. The Bertz CT molecular complexity index is 1080. The summed E-state index contributed by atoms with van der Waals surface area (Å²) < 4.78 is 0. The molecule has 0 radical (unpaired) electrons. The summed E-state index contributed by atoms with van der Waals surface area (Å²) in [7, 11) is 0. The van der Waals surface area contributed by atoms with Gasteiger partial charge in [-0.2, -0.15) is 5.10 Å². The third kappa shape index (κ3) is 5.09. The minimum absolute atomic E-state index is 0.131. The number of hydrogen-bond donors (Lipinski definition) is 2. The summed E-state index contributed by atoms with van der Waals surface area (Å²) in [6, 6.07) is 24.8. The van der Waals surface area contributed by atoms with E-state index in [1.54, 1.807) is 11.8 Å². The Morgan fingerprint density at radius 3 is 2.33 bits per heavy atom. The zero-order valence-corrected chi connectivity index (χ0v) is 17.5. The van der Waals surface area contributed by atoms with Crippen LogP contribution >= 0.6 is 23.4 Å². The first-order valence-electron chi connectivity index (χ1n) is 9.37. The first kappa shape index (κ1) is 20.2. The van der Waals surface area contributed by atoms with Gasteiger partial charge in [-0.1, -0.05) is 78.0 Å². The van der Waals surface area contributed by atoms with Crippen LogP contribution in [-0.2, 0) is 5.75 Å². The summed E-state index contributed by atoms with van der Waals surface area (Å²) >= 11 is 7.60. The van der Waals surface area contributed by atoms with E-state index in [-0.39, 0.29) is 11.9 Å². The fraction of sp³-hybridized carbons (Fsp3) is 0.0870. The van der Waals surface area contributed by atoms with Crippen molar-refractivity contribution in [3.05, 3.63) is 112 Å². The fourth-order valence-corrected chi connectivity index (χ4v) is 3.90. The van der Waals surface area contributed by atoms with Crippen molar-refractivity contribution in [2.75, 3.05) is 0 Å². The molecule has 0 saturated carbocycles. The highest BCUT2D eigenvalue weighted by Gasteiger charge is 2.18. The lowest BCUT2D eigenvalue weighted by molar-refractivity contribution is 0.0943. The van der Waals surface area contributed by atoms with Crippen LogP contribution in [0.4, 0.5) is 0 Å². The van der Waals surface area contributed by atoms with Crippen molar-refractivity contribution in [2.45, 2.75) is 17.0 Å². The smallest absolute Gasteiger partial charge is 0.252 e. The second kappa shape index (κ2) is 9.61. The van der Waals surface area contributed by atoms with E-state index in [0.29, 0.717) is 10.6 Å². The van der Waals surface area contributed by atoms with E-state index in [1.807, 2.05) is 78.9 Å². The molecule has 4 aromatic rings. The molecule has 0 spiro atoms. The summed E-state index contributed by atoms with van der Waals surface area (Å²) in [5, 5.41) is 11.2. The highest BCUT2D eigenvalue weighted by atomic mass is 35.5. The summed E-state index contributed by atoms with van der Waals surface area (Å²) in [4.78, 5) is 17.1. The zero-order valence-electron chi connectivity index (χ0n) is 16.0. The quantitative estimate of drug-likeness (QED) is 0.389. The van der Waals surface area contributed by atoms with Crippen molar-refractivity contribution in [2.24, 2.45) is 0 Å². The summed E-state index contributed by atoms with van der Waals surface area (Å²) in [6.45, 7) is 0. The Labute approximate surface area is 183 Å². The molecule has 0 unspecified atom stereocenters. The van der Waals surface area contributed by atoms with Crippen LogP contribution in [0.3, 0.4) is 0 Å². The van der Waals surface area contributed by atoms with Gasteiger partial charge in [-0.05, 0) is 41.0 Å². The molecule has 30 heavy (non-hydrogen) atoms. The summed E-state index contributed by atoms with van der Waals surface area (Å²) in [5.74, 6) is 0.613. The van der Waals surface area contributed by atoms with Gasteiger partial charge in [0.25, 0.3) is 5.91 Å². The van der Waals surface area contributed by atoms with Gasteiger partial charge in [0.15, 0.2) is 5.16 Å². The molecular formula is C23H19ClN4OS. The molecule has 150 valence electrons. The zero-order chi connectivity index (χ0) is 20.8. The van der Waals surface area contributed by atoms with Crippen LogP contribution < -0.4 is 5.32 Å². The monoisotopic (exact) mass is 434 g/mol. The predicted molar refractivity (Wildman–Crippen MR) is 120 cm³/mol. The molecule has 0 aliphatic carbocycles. The van der Waals surface area contributed by atoms with Gasteiger partial charge in [0.05, 0.1) is 6.04 Å². The summed E-state index contributed by atoms with van der Waals surface area (Å²) in [5.41, 5.74) is 3.69. The number of thioether (sulfide) groups is 1. The van der Waals surface area contributed by atoms with E-state index < -0.39 is 0 Å². The number of nitrogens with zero attached hydrogens (tertiary/aromatic N) is 2. The van der Waals surface area contributed by atoms with E-state index in [9.17, 15) is 4.79 Å². The lowest BCUT2D eigenvalue weighted by Gasteiger charge is -2.20. The number of hydrogen-bond acceptors (Lipinski definition) is 4. The molecule has 7 heteroatoms. The Balaban J connectivity index is 1.48. The molecule has 4 rings (SSSR count). The largest absolute Gasteiger partial charge is 0.341 e. The lowest BCUT2D eigenvalue weighted by atomic mass is 9.98. The number of benzene rings is 3. The Kier molecular flexibility index (Phi) is 6.47. The lowest BCUT2D eigenvalue weighted by Crippen LogP contribution is -2.29. The summed E-state index contributed by atoms with van der Waals surface area (Å²) in [6.07, 6.45) is 1.49. The van der Waals surface area contributed by atoms with Crippen LogP contribution in [0, 0.1) is 0 Å². The van der Waals surface area contributed by atoms with E-state index in [0.717, 1.165) is 27.6 Å². The van der Waals surface area contributed by atoms with Crippen LogP contribution in [0.2, 0.25) is 5.02 Å². The molecule has 1 heterocycles. The van der Waals surface area contributed by atoms with Gasteiger partial charge in [0.1, 0.15) is 6.33 Å². The maximum Gasteiger partial charge on any atom is 0.252 e. The minimum atomic E-state index is -0.266. The van der Waals surface area contributed by atoms with E-state index >= 15 is 0 Å². The standard InChI is InChI=1S/C23H19ClN4OS/c24-20-12-10-18(11-13-20)21(17-4-2-1-3-5-17)27-22(29)19-8-6-16(7-9-19)14-30-23-25-15-26-28-23/h1-13,15,21H,14H2,(H,27,29)(H,25,26,28)/t21-/m0/s1. The number of rotatable bonds is 7. The molecule has 0 saturated heterocycles. The van der Waals surface area contributed by atoms with Gasteiger partial charge < -0.3 is 5.32 Å². The number of carbonyl (C=O) groups is 1. The maximum atomic E-state index is 13.0. The maximum absolute atomic E-state index is 13.0. The van der Waals surface area contributed by atoms with Crippen LogP contribution in [0.5, 0.6) is 0 Å². The van der Waals surface area contributed by atoms with Gasteiger partial charge in [0, 0.05) is 16.3 Å². The van der Waals surface area contributed by atoms with Crippen LogP contribution in [0.15, 0.2) is 90.3 Å². The molecule has 5 nitrogen and oxygen atoms in total. The molecular weight excluding hydrogens is 416 g/mol. The fourth-order valence-electron chi connectivity index (χ4n) is 3.04. The number of H-pyrrole nitrogens is 1. The van der Waals surface area contributed by atoms with Crippen molar-refractivity contribution in [3.63, 3.8) is 0 Å². The Hall–Kier alpha value is -3.09. The molecule has 3 aromatic carbocycles. The van der Waals surface area contributed by atoms with Gasteiger partial charge >= 0.3 is 0 Å². The minimum Gasteiger partial charge on any atom is -0.341 e. The average molecular weight is 435 g/mol. The highest BCUT2D eigenvalue weighted by Crippen LogP contribution is 2.24. The normalized spacial score (nSPS) is 11.8. The molecule has 1 aromatic heterocycles. The molecule has 0 bridgehead atoms. The van der Waals surface area contributed by atoms with Gasteiger partial charge in [-0.3, -0.25) is 9.89 Å². The molecule has 1 amide bonds. The number of carbonyl (C=O) groups excluding carboxylic acids is 1. The van der Waals surface area contributed by atoms with E-state index in [4.69, 9.17) is 11.6 Å². The van der Waals surface area contributed by atoms with Crippen molar-refractivity contribution in [1.82, 2.24) is 20.5 Å². The SMILES string of the molecule is O=C(N[C@@H](c1ccccc1)c1ccc(Cl)cc1)c1ccc(CSc2ncn[nH]2)cc1. The Morgan fingerprint density at radius 2 is 1.67 bits per heavy atom. The third-order valence-corrected chi connectivity index (χ3v) is 5.80.